The number of aromatic nitrogens is 3. The number of rotatable bonds is 3. The Bertz CT molecular complexity index is 1450. The van der Waals surface area contributed by atoms with Gasteiger partial charge in [-0.15, -0.1) is 0 Å². The first-order valence-electron chi connectivity index (χ1n) is 10.9. The number of hydrogen-bond donors (Lipinski definition) is 1. The lowest BCUT2D eigenvalue weighted by Crippen LogP contribution is -2.56. The molecule has 1 saturated heterocycles. The minimum Gasteiger partial charge on any atom is -0.377 e. The molecule has 0 spiro atoms. The molecule has 1 atom stereocenters. The molecule has 1 fully saturated rings. The number of H-pyrrole nitrogens is 1. The Morgan fingerprint density at radius 1 is 1.12 bits per heavy atom. The first-order valence-corrected chi connectivity index (χ1v) is 12.3. The van der Waals surface area contributed by atoms with Gasteiger partial charge in [0, 0.05) is 29.2 Å². The van der Waals surface area contributed by atoms with Gasteiger partial charge in [-0.25, -0.2) is 18.4 Å². The van der Waals surface area contributed by atoms with Gasteiger partial charge >= 0.3 is 0 Å². The maximum atomic E-state index is 13.6. The first-order chi connectivity index (χ1) is 16.0. The summed E-state index contributed by atoms with van der Waals surface area (Å²) in [6.07, 6.45) is 3.53. The fourth-order valence-corrected chi connectivity index (χ4v) is 6.09. The van der Waals surface area contributed by atoms with Crippen molar-refractivity contribution in [1.29, 1.82) is 0 Å². The monoisotopic (exact) mass is 461 g/mol. The van der Waals surface area contributed by atoms with Gasteiger partial charge in [0.2, 0.25) is 0 Å². The van der Waals surface area contributed by atoms with Crippen molar-refractivity contribution in [3.05, 3.63) is 66.5 Å². The number of morpholine rings is 1. The quantitative estimate of drug-likeness (QED) is 0.503. The van der Waals surface area contributed by atoms with Crippen LogP contribution in [0.4, 0.5) is 11.5 Å². The molecule has 2 aliphatic rings. The normalized spacial score (nSPS) is 18.3. The molecule has 4 heterocycles. The van der Waals surface area contributed by atoms with Crippen LogP contribution in [0.25, 0.3) is 22.3 Å². The van der Waals surface area contributed by atoms with Crippen LogP contribution < -0.4 is 9.21 Å². The highest BCUT2D eigenvalue weighted by Crippen LogP contribution is 2.39. The molecule has 168 valence electrons. The zero-order valence-electron chi connectivity index (χ0n) is 18.1. The predicted molar refractivity (Wildman–Crippen MR) is 127 cm³/mol. The van der Waals surface area contributed by atoms with Crippen molar-refractivity contribution in [2.75, 3.05) is 35.5 Å². The second-order valence-corrected chi connectivity index (χ2v) is 10.3. The SMILES string of the molecule is Cc1ccc(S(=O)(=O)N2CC3COCCN3c3nc(-c4cccc5[nH]ccc45)ncc32)cc1. The average molecular weight is 462 g/mol. The summed E-state index contributed by atoms with van der Waals surface area (Å²) < 4.78 is 34.4. The Kier molecular flexibility index (Phi) is 4.63. The van der Waals surface area contributed by atoms with Gasteiger partial charge in [0.25, 0.3) is 10.0 Å². The summed E-state index contributed by atoms with van der Waals surface area (Å²) in [5.41, 5.74) is 3.41. The molecular weight excluding hydrogens is 438 g/mol. The lowest BCUT2D eigenvalue weighted by molar-refractivity contribution is 0.0948. The van der Waals surface area contributed by atoms with E-state index in [4.69, 9.17) is 9.72 Å². The van der Waals surface area contributed by atoms with E-state index in [-0.39, 0.29) is 10.9 Å². The van der Waals surface area contributed by atoms with Crippen molar-refractivity contribution in [2.45, 2.75) is 17.9 Å². The number of benzene rings is 2. The van der Waals surface area contributed by atoms with E-state index in [0.29, 0.717) is 43.6 Å². The fraction of sp³-hybridized carbons (Fsp3) is 0.250. The molecule has 0 radical (unpaired) electrons. The number of anilines is 2. The number of aromatic amines is 1. The largest absolute Gasteiger partial charge is 0.377 e. The van der Waals surface area contributed by atoms with Crippen molar-refractivity contribution in [2.24, 2.45) is 0 Å². The molecule has 0 bridgehead atoms. The first kappa shape index (κ1) is 20.2. The number of nitrogens with zero attached hydrogens (tertiary/aromatic N) is 4. The lowest BCUT2D eigenvalue weighted by Gasteiger charge is -2.44. The second-order valence-electron chi connectivity index (χ2n) is 8.42. The Hall–Kier alpha value is -3.43. The van der Waals surface area contributed by atoms with E-state index >= 15 is 0 Å². The molecule has 1 unspecified atom stereocenters. The van der Waals surface area contributed by atoms with Crippen LogP contribution in [0.1, 0.15) is 5.56 Å². The van der Waals surface area contributed by atoms with Gasteiger partial charge < -0.3 is 14.6 Å². The van der Waals surface area contributed by atoms with E-state index in [1.165, 1.54) is 4.31 Å². The van der Waals surface area contributed by atoms with Crippen LogP contribution in [0.3, 0.4) is 0 Å². The van der Waals surface area contributed by atoms with Crippen LogP contribution in [-0.4, -0.2) is 55.7 Å². The van der Waals surface area contributed by atoms with Crippen molar-refractivity contribution >= 4 is 32.4 Å². The molecule has 8 nitrogen and oxygen atoms in total. The number of hydrogen-bond acceptors (Lipinski definition) is 6. The van der Waals surface area contributed by atoms with Gasteiger partial charge in [-0.05, 0) is 31.2 Å². The van der Waals surface area contributed by atoms with E-state index in [1.807, 2.05) is 49.5 Å². The third-order valence-corrected chi connectivity index (χ3v) is 8.13. The van der Waals surface area contributed by atoms with Gasteiger partial charge in [0.05, 0.1) is 36.9 Å². The van der Waals surface area contributed by atoms with E-state index in [0.717, 1.165) is 22.0 Å². The second kappa shape index (κ2) is 7.57. The van der Waals surface area contributed by atoms with E-state index in [2.05, 4.69) is 14.9 Å². The smallest absolute Gasteiger partial charge is 0.264 e. The Morgan fingerprint density at radius 2 is 1.97 bits per heavy atom. The van der Waals surface area contributed by atoms with Crippen molar-refractivity contribution in [3.8, 4) is 11.4 Å². The molecule has 6 rings (SSSR count). The average Bonchev–Trinajstić information content (AvgIpc) is 3.32. The van der Waals surface area contributed by atoms with E-state index in [1.54, 1.807) is 18.3 Å². The molecule has 2 aromatic carbocycles. The third-order valence-electron chi connectivity index (χ3n) is 6.34. The van der Waals surface area contributed by atoms with Crippen molar-refractivity contribution in [1.82, 2.24) is 15.0 Å². The van der Waals surface area contributed by atoms with Gasteiger partial charge in [0.15, 0.2) is 11.6 Å². The Morgan fingerprint density at radius 3 is 2.82 bits per heavy atom. The van der Waals surface area contributed by atoms with Crippen molar-refractivity contribution in [3.63, 3.8) is 0 Å². The highest BCUT2D eigenvalue weighted by molar-refractivity contribution is 7.92. The maximum absolute atomic E-state index is 13.6. The van der Waals surface area contributed by atoms with Gasteiger partial charge in [-0.3, -0.25) is 4.31 Å². The number of fused-ring (bicyclic) bond motifs is 4. The molecule has 33 heavy (non-hydrogen) atoms. The number of nitrogens with one attached hydrogen (secondary N) is 1. The molecule has 4 aromatic rings. The lowest BCUT2D eigenvalue weighted by atomic mass is 10.1. The molecule has 2 aliphatic heterocycles. The van der Waals surface area contributed by atoms with E-state index in [9.17, 15) is 8.42 Å². The van der Waals surface area contributed by atoms with Crippen LogP contribution >= 0.6 is 0 Å². The summed E-state index contributed by atoms with van der Waals surface area (Å²) in [6.45, 7) is 3.91. The van der Waals surface area contributed by atoms with Crippen LogP contribution in [0, 0.1) is 6.92 Å². The van der Waals surface area contributed by atoms with Crippen LogP contribution in [-0.2, 0) is 14.8 Å². The molecule has 1 N–H and O–H groups in total. The van der Waals surface area contributed by atoms with Crippen LogP contribution in [0.15, 0.2) is 65.8 Å². The zero-order chi connectivity index (χ0) is 22.6. The minimum atomic E-state index is -3.78. The summed E-state index contributed by atoms with van der Waals surface area (Å²) in [6, 6.07) is 14.8. The fourth-order valence-electron chi connectivity index (χ4n) is 4.60. The highest BCUT2D eigenvalue weighted by Gasteiger charge is 2.40. The number of aryl methyl sites for hydroxylation is 1. The molecule has 9 heteroatoms. The summed E-state index contributed by atoms with van der Waals surface area (Å²) >= 11 is 0. The van der Waals surface area contributed by atoms with Crippen molar-refractivity contribution < 1.29 is 13.2 Å². The minimum absolute atomic E-state index is 0.114. The molecule has 2 aromatic heterocycles. The number of ether oxygens (including phenoxy) is 1. The van der Waals surface area contributed by atoms with Crippen LogP contribution in [0.5, 0.6) is 0 Å². The summed E-state index contributed by atoms with van der Waals surface area (Å²) in [7, 11) is -3.78. The van der Waals surface area contributed by atoms with Gasteiger partial charge in [-0.2, -0.15) is 0 Å². The van der Waals surface area contributed by atoms with Gasteiger partial charge in [-0.1, -0.05) is 29.8 Å². The third kappa shape index (κ3) is 3.27. The molecular formula is C24H23N5O3S. The molecule has 0 aliphatic carbocycles. The Balaban J connectivity index is 1.50. The van der Waals surface area contributed by atoms with Crippen LogP contribution in [0.2, 0.25) is 0 Å². The van der Waals surface area contributed by atoms with E-state index < -0.39 is 10.0 Å². The summed E-state index contributed by atoms with van der Waals surface area (Å²) in [4.78, 5) is 15.1. The highest BCUT2D eigenvalue weighted by atomic mass is 32.2. The number of sulfonamides is 1. The summed E-state index contributed by atoms with van der Waals surface area (Å²) in [5.74, 6) is 1.20. The predicted octanol–water partition coefficient (Wildman–Crippen LogP) is 3.35. The topological polar surface area (TPSA) is 91.4 Å². The molecule has 0 amide bonds. The summed E-state index contributed by atoms with van der Waals surface area (Å²) in [5, 5.41) is 1.02. The molecule has 0 saturated carbocycles. The standard InChI is InChI=1S/C24H23N5O3S/c1-16-5-7-18(8-6-16)33(30,31)29-14-17-15-32-12-11-28(17)24-22(29)13-26-23(27-24)20-3-2-4-21-19(20)9-10-25-21/h2-10,13,17,25H,11-12,14-15H2,1H3. The van der Waals surface area contributed by atoms with Gasteiger partial charge in [0.1, 0.15) is 5.69 Å². The Labute approximate surface area is 191 Å². The zero-order valence-corrected chi connectivity index (χ0v) is 18.9. The maximum Gasteiger partial charge on any atom is 0.264 e.